The van der Waals surface area contributed by atoms with Crippen LogP contribution in [0.2, 0.25) is 5.15 Å². The summed E-state index contributed by atoms with van der Waals surface area (Å²) in [6.45, 7) is 6.23. The highest BCUT2D eigenvalue weighted by atomic mass is 35.5. The van der Waals surface area contributed by atoms with E-state index >= 15 is 0 Å². The van der Waals surface area contributed by atoms with Crippen LogP contribution in [0.15, 0.2) is 36.5 Å². The molecule has 0 bridgehead atoms. The maximum Gasteiger partial charge on any atom is 0.132 e. The lowest BCUT2D eigenvalue weighted by Crippen LogP contribution is -2.08. The van der Waals surface area contributed by atoms with Crippen molar-refractivity contribution in [1.82, 2.24) is 4.98 Å². The Kier molecular flexibility index (Phi) is 3.87. The maximum atomic E-state index is 5.92. The Hall–Kier alpha value is -1.54. The van der Waals surface area contributed by atoms with Gasteiger partial charge in [0.2, 0.25) is 0 Å². The molecule has 2 nitrogen and oxygen atoms in total. The molecule has 1 aromatic carbocycles. The zero-order chi connectivity index (χ0) is 13.1. The van der Waals surface area contributed by atoms with Crippen molar-refractivity contribution in [1.29, 1.82) is 0 Å². The number of rotatable bonds is 3. The quantitative estimate of drug-likeness (QED) is 0.821. The second-order valence-electron chi connectivity index (χ2n) is 4.55. The number of pyridine rings is 1. The molecule has 3 heteroatoms. The van der Waals surface area contributed by atoms with Gasteiger partial charge < -0.3 is 5.32 Å². The minimum absolute atomic E-state index is 0.244. The third kappa shape index (κ3) is 2.82. The average Bonchev–Trinajstić information content (AvgIpc) is 2.34. The first-order valence-corrected chi connectivity index (χ1v) is 6.40. The molecule has 0 saturated heterocycles. The molecule has 0 fully saturated rings. The molecule has 0 aliphatic rings. The molecule has 0 aliphatic heterocycles. The molecule has 1 heterocycles. The Balaban J connectivity index is 2.19. The van der Waals surface area contributed by atoms with E-state index < -0.39 is 0 Å². The van der Waals surface area contributed by atoms with Gasteiger partial charge in [-0.2, -0.15) is 0 Å². The highest BCUT2D eigenvalue weighted by molar-refractivity contribution is 6.30. The Morgan fingerprint density at radius 3 is 2.56 bits per heavy atom. The lowest BCUT2D eigenvalue weighted by Gasteiger charge is -2.18. The van der Waals surface area contributed by atoms with E-state index in [2.05, 4.69) is 48.4 Å². The SMILES string of the molecule is Cc1ccccc1C(C)Nc1cnc(Cl)c(C)c1. The zero-order valence-corrected chi connectivity index (χ0v) is 11.6. The minimum Gasteiger partial charge on any atom is -0.377 e. The fourth-order valence-electron chi connectivity index (χ4n) is 2.04. The average molecular weight is 261 g/mol. The van der Waals surface area contributed by atoms with Gasteiger partial charge in [-0.25, -0.2) is 4.98 Å². The van der Waals surface area contributed by atoms with Crippen LogP contribution in [0, 0.1) is 13.8 Å². The maximum absolute atomic E-state index is 5.92. The van der Waals surface area contributed by atoms with Gasteiger partial charge in [0, 0.05) is 6.04 Å². The number of nitrogens with zero attached hydrogens (tertiary/aromatic N) is 1. The molecule has 0 radical (unpaired) electrons. The number of aromatic nitrogens is 1. The summed E-state index contributed by atoms with van der Waals surface area (Å²) in [6, 6.07) is 10.6. The number of hydrogen-bond donors (Lipinski definition) is 1. The molecule has 1 atom stereocenters. The van der Waals surface area contributed by atoms with Crippen molar-refractivity contribution < 1.29 is 0 Å². The van der Waals surface area contributed by atoms with Gasteiger partial charge in [-0.3, -0.25) is 0 Å². The van der Waals surface area contributed by atoms with Crippen LogP contribution in [0.3, 0.4) is 0 Å². The van der Waals surface area contributed by atoms with Crippen LogP contribution >= 0.6 is 11.6 Å². The molecule has 1 unspecified atom stereocenters. The van der Waals surface area contributed by atoms with Gasteiger partial charge in [0.25, 0.3) is 0 Å². The summed E-state index contributed by atoms with van der Waals surface area (Å²) in [5.41, 5.74) is 4.56. The second-order valence-corrected chi connectivity index (χ2v) is 4.91. The van der Waals surface area contributed by atoms with E-state index in [1.807, 2.05) is 13.0 Å². The molecule has 18 heavy (non-hydrogen) atoms. The molecule has 0 spiro atoms. The normalized spacial score (nSPS) is 12.2. The van der Waals surface area contributed by atoms with Crippen LogP contribution in [-0.4, -0.2) is 4.98 Å². The van der Waals surface area contributed by atoms with Gasteiger partial charge in [-0.05, 0) is 43.5 Å². The molecule has 0 saturated carbocycles. The molecule has 0 aliphatic carbocycles. The third-order valence-corrected chi connectivity index (χ3v) is 3.45. The zero-order valence-electron chi connectivity index (χ0n) is 10.9. The van der Waals surface area contributed by atoms with Crippen molar-refractivity contribution in [3.63, 3.8) is 0 Å². The number of nitrogens with one attached hydrogen (secondary N) is 1. The summed E-state index contributed by atoms with van der Waals surface area (Å²) in [5.74, 6) is 0. The van der Waals surface area contributed by atoms with E-state index in [4.69, 9.17) is 11.6 Å². The lowest BCUT2D eigenvalue weighted by atomic mass is 10.0. The highest BCUT2D eigenvalue weighted by Crippen LogP contribution is 2.23. The van der Waals surface area contributed by atoms with E-state index in [0.717, 1.165) is 11.3 Å². The number of benzene rings is 1. The van der Waals surface area contributed by atoms with Gasteiger partial charge >= 0.3 is 0 Å². The van der Waals surface area contributed by atoms with Crippen molar-refractivity contribution in [3.05, 3.63) is 58.4 Å². The monoisotopic (exact) mass is 260 g/mol. The summed E-state index contributed by atoms with van der Waals surface area (Å²) < 4.78 is 0. The molecule has 1 aromatic heterocycles. The molecule has 1 N–H and O–H groups in total. The first-order chi connectivity index (χ1) is 8.58. The van der Waals surface area contributed by atoms with E-state index in [-0.39, 0.29) is 6.04 Å². The van der Waals surface area contributed by atoms with Crippen molar-refractivity contribution in [2.24, 2.45) is 0 Å². The molecule has 2 rings (SSSR count). The van der Waals surface area contributed by atoms with Crippen molar-refractivity contribution >= 4 is 17.3 Å². The van der Waals surface area contributed by atoms with Gasteiger partial charge in [0.1, 0.15) is 5.15 Å². The molecule has 2 aromatic rings. The topological polar surface area (TPSA) is 24.9 Å². The minimum atomic E-state index is 0.244. The largest absolute Gasteiger partial charge is 0.377 e. The Bertz CT molecular complexity index is 552. The number of hydrogen-bond acceptors (Lipinski definition) is 2. The molecule has 94 valence electrons. The van der Waals surface area contributed by atoms with Crippen LogP contribution < -0.4 is 5.32 Å². The lowest BCUT2D eigenvalue weighted by molar-refractivity contribution is 0.872. The first-order valence-electron chi connectivity index (χ1n) is 6.02. The number of anilines is 1. The molecular weight excluding hydrogens is 244 g/mol. The van der Waals surface area contributed by atoms with Crippen LogP contribution in [0.1, 0.15) is 29.7 Å². The summed E-state index contributed by atoms with van der Waals surface area (Å²) >= 11 is 5.92. The Labute approximate surface area is 113 Å². The summed E-state index contributed by atoms with van der Waals surface area (Å²) in [5, 5.41) is 4.01. The van der Waals surface area contributed by atoms with Crippen LogP contribution in [0.4, 0.5) is 5.69 Å². The fourth-order valence-corrected chi connectivity index (χ4v) is 2.14. The van der Waals surface area contributed by atoms with Crippen LogP contribution in [0.5, 0.6) is 0 Å². The fraction of sp³-hybridized carbons (Fsp3) is 0.267. The summed E-state index contributed by atoms with van der Waals surface area (Å²) in [7, 11) is 0. The predicted molar refractivity (Wildman–Crippen MR) is 77.2 cm³/mol. The van der Waals surface area contributed by atoms with Crippen molar-refractivity contribution in [3.8, 4) is 0 Å². The van der Waals surface area contributed by atoms with Gasteiger partial charge in [-0.1, -0.05) is 35.9 Å². The Morgan fingerprint density at radius 1 is 1.17 bits per heavy atom. The summed E-state index contributed by atoms with van der Waals surface area (Å²) in [4.78, 5) is 4.15. The van der Waals surface area contributed by atoms with Gasteiger partial charge in [0.15, 0.2) is 0 Å². The van der Waals surface area contributed by atoms with Gasteiger partial charge in [0.05, 0.1) is 11.9 Å². The smallest absolute Gasteiger partial charge is 0.132 e. The molecular formula is C15H17ClN2. The molecule has 0 amide bonds. The number of halogens is 1. The standard InChI is InChI=1S/C15H17ClN2/c1-10-6-4-5-7-14(10)12(3)18-13-8-11(2)15(16)17-9-13/h4-9,12,18H,1-3H3. The van der Waals surface area contributed by atoms with E-state index in [1.54, 1.807) is 6.20 Å². The third-order valence-electron chi connectivity index (χ3n) is 3.05. The van der Waals surface area contributed by atoms with E-state index in [9.17, 15) is 0 Å². The van der Waals surface area contributed by atoms with Gasteiger partial charge in [-0.15, -0.1) is 0 Å². The van der Waals surface area contributed by atoms with Crippen LogP contribution in [0.25, 0.3) is 0 Å². The second kappa shape index (κ2) is 5.40. The van der Waals surface area contributed by atoms with Crippen molar-refractivity contribution in [2.45, 2.75) is 26.8 Å². The van der Waals surface area contributed by atoms with E-state index in [0.29, 0.717) is 5.15 Å². The predicted octanol–water partition coefficient (Wildman–Crippen LogP) is 4.52. The highest BCUT2D eigenvalue weighted by Gasteiger charge is 2.08. The Morgan fingerprint density at radius 2 is 1.89 bits per heavy atom. The first kappa shape index (κ1) is 12.9. The summed E-state index contributed by atoms with van der Waals surface area (Å²) in [6.07, 6.45) is 1.77. The van der Waals surface area contributed by atoms with Crippen molar-refractivity contribution in [2.75, 3.05) is 5.32 Å². The van der Waals surface area contributed by atoms with Crippen LogP contribution in [-0.2, 0) is 0 Å². The number of aryl methyl sites for hydroxylation is 2. The van der Waals surface area contributed by atoms with E-state index in [1.165, 1.54) is 11.1 Å².